The van der Waals surface area contributed by atoms with Gasteiger partial charge in [-0.2, -0.15) is 0 Å². The van der Waals surface area contributed by atoms with E-state index in [1.807, 2.05) is 0 Å². The molecule has 5 nitrogen and oxygen atoms in total. The van der Waals surface area contributed by atoms with Crippen molar-refractivity contribution in [2.24, 2.45) is 0 Å². The minimum absolute atomic E-state index is 0.197. The van der Waals surface area contributed by atoms with E-state index in [0.29, 0.717) is 12.2 Å². The molecule has 0 bridgehead atoms. The molecular weight excluding hydrogens is 172 g/mol. The molecule has 3 N–H and O–H groups in total. The van der Waals surface area contributed by atoms with E-state index in [1.54, 1.807) is 10.9 Å². The summed E-state index contributed by atoms with van der Waals surface area (Å²) >= 11 is 0. The van der Waals surface area contributed by atoms with Crippen molar-refractivity contribution in [1.82, 2.24) is 9.55 Å². The number of rotatable bonds is 0. The van der Waals surface area contributed by atoms with Crippen molar-refractivity contribution in [3.05, 3.63) is 18.2 Å². The topological polar surface area (TPSA) is 78.5 Å². The highest BCUT2D eigenvalue weighted by molar-refractivity contribution is 5.07. The van der Waals surface area contributed by atoms with Gasteiger partial charge in [-0.1, -0.05) is 0 Å². The molecule has 2 rings (SSSR count). The molecule has 1 aliphatic rings. The Morgan fingerprint density at radius 1 is 1.38 bits per heavy atom. The van der Waals surface area contributed by atoms with Crippen LogP contribution in [0.5, 0.6) is 0 Å². The second kappa shape index (κ2) is 3.10. The van der Waals surface area contributed by atoms with Gasteiger partial charge in [0.2, 0.25) is 0 Å². The number of aromatic nitrogens is 2. The Morgan fingerprint density at radius 2 is 2.15 bits per heavy atom. The van der Waals surface area contributed by atoms with Crippen LogP contribution in [0.15, 0.2) is 12.5 Å². The Morgan fingerprint density at radius 3 is 2.92 bits per heavy atom. The lowest BCUT2D eigenvalue weighted by molar-refractivity contribution is -0.00697. The summed E-state index contributed by atoms with van der Waals surface area (Å²) in [7, 11) is 0. The van der Waals surface area contributed by atoms with Gasteiger partial charge in [-0.3, -0.25) is 0 Å². The van der Waals surface area contributed by atoms with Gasteiger partial charge in [0.15, 0.2) is 0 Å². The second-order valence-corrected chi connectivity index (χ2v) is 3.37. The molecule has 0 spiro atoms. The number of nitrogens with zero attached hydrogens (tertiary/aromatic N) is 2. The van der Waals surface area contributed by atoms with Gasteiger partial charge in [0.1, 0.15) is 6.10 Å². The van der Waals surface area contributed by atoms with E-state index in [-0.39, 0.29) is 6.42 Å². The zero-order valence-electron chi connectivity index (χ0n) is 7.04. The van der Waals surface area contributed by atoms with E-state index in [4.69, 9.17) is 0 Å². The van der Waals surface area contributed by atoms with Crippen molar-refractivity contribution in [2.75, 3.05) is 0 Å². The van der Waals surface area contributed by atoms with E-state index < -0.39 is 18.3 Å². The van der Waals surface area contributed by atoms with Gasteiger partial charge >= 0.3 is 0 Å². The number of aliphatic hydroxyl groups is 3. The molecule has 2 heterocycles. The monoisotopic (exact) mass is 184 g/mol. The van der Waals surface area contributed by atoms with Gasteiger partial charge in [-0.15, -0.1) is 0 Å². The Balaban J connectivity index is 2.36. The molecule has 0 saturated heterocycles. The summed E-state index contributed by atoms with van der Waals surface area (Å²) in [5.41, 5.74) is 0.559. The predicted molar refractivity (Wildman–Crippen MR) is 43.8 cm³/mol. The van der Waals surface area contributed by atoms with Crippen LogP contribution in [0.1, 0.15) is 18.2 Å². The van der Waals surface area contributed by atoms with Crippen LogP contribution in [0.4, 0.5) is 0 Å². The molecule has 72 valence electrons. The fourth-order valence-corrected chi connectivity index (χ4v) is 1.64. The van der Waals surface area contributed by atoms with Crippen LogP contribution in [0.25, 0.3) is 0 Å². The van der Waals surface area contributed by atoms with Gasteiger partial charge in [-0.25, -0.2) is 4.98 Å². The third kappa shape index (κ3) is 1.46. The summed E-state index contributed by atoms with van der Waals surface area (Å²) in [6.07, 6.45) is 0.766. The lowest BCUT2D eigenvalue weighted by Gasteiger charge is -2.14. The first kappa shape index (κ1) is 8.68. The Bertz CT molecular complexity index is 299. The van der Waals surface area contributed by atoms with Crippen LogP contribution in [-0.2, 0) is 6.54 Å². The molecule has 0 radical (unpaired) electrons. The number of hydrogen-bond acceptors (Lipinski definition) is 4. The third-order valence-corrected chi connectivity index (χ3v) is 2.33. The lowest BCUT2D eigenvalue weighted by Crippen LogP contribution is -2.21. The van der Waals surface area contributed by atoms with Gasteiger partial charge in [0, 0.05) is 13.0 Å². The Labute approximate surface area is 75.3 Å². The highest BCUT2D eigenvalue weighted by atomic mass is 16.3. The van der Waals surface area contributed by atoms with Crippen LogP contribution in [-0.4, -0.2) is 37.1 Å². The molecule has 0 aliphatic carbocycles. The van der Waals surface area contributed by atoms with E-state index in [1.165, 1.54) is 6.20 Å². The average molecular weight is 184 g/mol. The largest absolute Gasteiger partial charge is 0.391 e. The van der Waals surface area contributed by atoms with Crippen LogP contribution < -0.4 is 0 Å². The predicted octanol–water partition coefficient (Wildman–Crippen LogP) is -0.958. The lowest BCUT2D eigenvalue weighted by atomic mass is 10.1. The Kier molecular flexibility index (Phi) is 2.07. The first-order valence-corrected chi connectivity index (χ1v) is 4.22. The summed E-state index contributed by atoms with van der Waals surface area (Å²) in [4.78, 5) is 3.85. The van der Waals surface area contributed by atoms with Crippen molar-refractivity contribution in [2.45, 2.75) is 31.3 Å². The maximum Gasteiger partial charge on any atom is 0.121 e. The molecule has 3 atom stereocenters. The van der Waals surface area contributed by atoms with Gasteiger partial charge in [0.05, 0.1) is 30.4 Å². The first-order chi connectivity index (χ1) is 6.18. The molecule has 0 saturated carbocycles. The standard InChI is InChI=1S/C8H12N2O3/c11-5-1-7(12)8(13)6-2-9-4-10(6)3-5/h2,4-5,7-8,11-13H,1,3H2/t5-,7+,8-/m0/s1. The molecule has 13 heavy (non-hydrogen) atoms. The van der Waals surface area contributed by atoms with Crippen molar-refractivity contribution in [1.29, 1.82) is 0 Å². The van der Waals surface area contributed by atoms with E-state index in [2.05, 4.69) is 4.98 Å². The van der Waals surface area contributed by atoms with Crippen molar-refractivity contribution in [3.8, 4) is 0 Å². The van der Waals surface area contributed by atoms with Crippen LogP contribution in [0, 0.1) is 0 Å². The highest BCUT2D eigenvalue weighted by Gasteiger charge is 2.28. The van der Waals surface area contributed by atoms with Crippen molar-refractivity contribution >= 4 is 0 Å². The average Bonchev–Trinajstić information content (AvgIpc) is 2.47. The minimum atomic E-state index is -0.945. The zero-order chi connectivity index (χ0) is 9.42. The molecule has 0 unspecified atom stereocenters. The van der Waals surface area contributed by atoms with Gasteiger partial charge in [-0.05, 0) is 0 Å². The molecule has 5 heteroatoms. The molecule has 1 aromatic rings. The van der Waals surface area contributed by atoms with Crippen molar-refractivity contribution < 1.29 is 15.3 Å². The molecule has 1 aromatic heterocycles. The second-order valence-electron chi connectivity index (χ2n) is 3.37. The molecular formula is C8H12N2O3. The summed E-state index contributed by atoms with van der Waals surface area (Å²) in [6.45, 7) is 0.378. The van der Waals surface area contributed by atoms with E-state index >= 15 is 0 Å². The molecule has 1 aliphatic heterocycles. The van der Waals surface area contributed by atoms with E-state index in [0.717, 1.165) is 0 Å². The number of aliphatic hydroxyl groups excluding tert-OH is 3. The molecule has 0 fully saturated rings. The summed E-state index contributed by atoms with van der Waals surface area (Å²) in [5, 5.41) is 28.5. The summed E-state index contributed by atoms with van der Waals surface area (Å²) in [6, 6.07) is 0. The third-order valence-electron chi connectivity index (χ3n) is 2.33. The van der Waals surface area contributed by atoms with E-state index in [9.17, 15) is 15.3 Å². The fraction of sp³-hybridized carbons (Fsp3) is 0.625. The minimum Gasteiger partial charge on any atom is -0.391 e. The van der Waals surface area contributed by atoms with Crippen LogP contribution in [0.3, 0.4) is 0 Å². The fourth-order valence-electron chi connectivity index (χ4n) is 1.64. The first-order valence-electron chi connectivity index (χ1n) is 4.22. The summed E-state index contributed by atoms with van der Waals surface area (Å²) in [5.74, 6) is 0. The van der Waals surface area contributed by atoms with Crippen LogP contribution in [0.2, 0.25) is 0 Å². The van der Waals surface area contributed by atoms with Crippen molar-refractivity contribution in [3.63, 3.8) is 0 Å². The van der Waals surface area contributed by atoms with Gasteiger partial charge in [0.25, 0.3) is 0 Å². The van der Waals surface area contributed by atoms with Gasteiger partial charge < -0.3 is 19.9 Å². The zero-order valence-corrected chi connectivity index (χ0v) is 7.04. The quantitative estimate of drug-likeness (QED) is 0.485. The number of fused-ring (bicyclic) bond motifs is 1. The Hall–Kier alpha value is -0.910. The SMILES string of the molecule is O[C@H]1C[C@@H](O)[C@@H](O)c2cncn2C1. The number of hydrogen-bond donors (Lipinski definition) is 3. The normalized spacial score (nSPS) is 33.9. The number of imidazole rings is 1. The summed E-state index contributed by atoms with van der Waals surface area (Å²) < 4.78 is 1.66. The maximum atomic E-state index is 9.59. The smallest absolute Gasteiger partial charge is 0.121 e. The highest BCUT2D eigenvalue weighted by Crippen LogP contribution is 2.23. The van der Waals surface area contributed by atoms with Crippen LogP contribution >= 0.6 is 0 Å². The molecule has 0 amide bonds. The maximum absolute atomic E-state index is 9.59. The molecule has 0 aromatic carbocycles.